The number of ether oxygens (including phenoxy) is 1. The Hall–Kier alpha value is -3.84. The van der Waals surface area contributed by atoms with Crippen LogP contribution in [0.2, 0.25) is 0 Å². The van der Waals surface area contributed by atoms with Crippen molar-refractivity contribution in [3.05, 3.63) is 102 Å². The highest BCUT2D eigenvalue weighted by Crippen LogP contribution is 2.23. The summed E-state index contributed by atoms with van der Waals surface area (Å²) in [6.07, 6.45) is 1.56. The van der Waals surface area contributed by atoms with Gasteiger partial charge in [0.15, 0.2) is 0 Å². The number of carbonyl (C=O) groups is 1. The first kappa shape index (κ1) is 18.9. The molecule has 1 amide bonds. The zero-order valence-electron chi connectivity index (χ0n) is 15.5. The van der Waals surface area contributed by atoms with Gasteiger partial charge >= 0.3 is 0 Å². The summed E-state index contributed by atoms with van der Waals surface area (Å²) in [5, 5.41) is 12.3. The lowest BCUT2D eigenvalue weighted by Crippen LogP contribution is -2.27. The molecule has 138 valence electrons. The molecule has 0 spiro atoms. The molecule has 3 aromatic carbocycles. The maximum absolute atomic E-state index is 12.5. The molecule has 1 N–H and O–H groups in total. The Morgan fingerprint density at radius 3 is 2.29 bits per heavy atom. The van der Waals surface area contributed by atoms with Crippen LogP contribution in [0.15, 0.2) is 90.5 Å². The first-order valence-electron chi connectivity index (χ1n) is 8.96. The Kier molecular flexibility index (Phi) is 6.22. The van der Waals surface area contributed by atoms with Crippen LogP contribution < -0.4 is 10.1 Å². The van der Waals surface area contributed by atoms with Crippen molar-refractivity contribution in [3.8, 4) is 17.6 Å². The number of benzene rings is 3. The van der Waals surface area contributed by atoms with Crippen molar-refractivity contribution in [2.24, 2.45) is 0 Å². The summed E-state index contributed by atoms with van der Waals surface area (Å²) in [6, 6.07) is 28.1. The smallest absolute Gasteiger partial charge is 0.262 e. The summed E-state index contributed by atoms with van der Waals surface area (Å²) < 4.78 is 5.80. The molecule has 4 heteroatoms. The van der Waals surface area contributed by atoms with E-state index in [1.54, 1.807) is 12.1 Å². The van der Waals surface area contributed by atoms with E-state index in [1.165, 1.54) is 0 Å². The first-order chi connectivity index (χ1) is 13.7. The highest BCUT2D eigenvalue weighted by atomic mass is 16.5. The van der Waals surface area contributed by atoms with E-state index in [9.17, 15) is 10.1 Å². The second-order valence-electron chi connectivity index (χ2n) is 6.26. The van der Waals surface area contributed by atoms with E-state index < -0.39 is 5.91 Å². The molecule has 28 heavy (non-hydrogen) atoms. The largest absolute Gasteiger partial charge is 0.457 e. The van der Waals surface area contributed by atoms with E-state index in [0.29, 0.717) is 11.3 Å². The van der Waals surface area contributed by atoms with Gasteiger partial charge in [-0.15, -0.1) is 0 Å². The lowest BCUT2D eigenvalue weighted by Gasteiger charge is -2.13. The number of hydrogen-bond donors (Lipinski definition) is 1. The van der Waals surface area contributed by atoms with E-state index in [1.807, 2.05) is 91.9 Å². The summed E-state index contributed by atoms with van der Waals surface area (Å²) in [5.41, 5.74) is 1.73. The molecule has 3 rings (SSSR count). The normalized spacial score (nSPS) is 11.9. The van der Waals surface area contributed by atoms with Crippen molar-refractivity contribution in [1.29, 1.82) is 5.26 Å². The van der Waals surface area contributed by atoms with Crippen LogP contribution in [-0.2, 0) is 4.79 Å². The fraction of sp³-hybridized carbons (Fsp3) is 0.0833. The summed E-state index contributed by atoms with van der Waals surface area (Å²) in [4.78, 5) is 12.5. The number of nitriles is 1. The number of carbonyl (C=O) groups excluding carboxylic acids is 1. The molecule has 3 aromatic rings. The maximum atomic E-state index is 12.5. The lowest BCUT2D eigenvalue weighted by atomic mass is 10.1. The van der Waals surface area contributed by atoms with Gasteiger partial charge in [0.25, 0.3) is 5.91 Å². The van der Waals surface area contributed by atoms with E-state index in [0.717, 1.165) is 11.3 Å². The topological polar surface area (TPSA) is 62.1 Å². The molecule has 1 atom stereocenters. The van der Waals surface area contributed by atoms with Gasteiger partial charge in [0.2, 0.25) is 0 Å². The minimum absolute atomic E-state index is 0.0413. The summed E-state index contributed by atoms with van der Waals surface area (Å²) in [6.45, 7) is 1.89. The molecule has 0 fully saturated rings. The molecule has 0 saturated carbocycles. The van der Waals surface area contributed by atoms with Crippen molar-refractivity contribution in [1.82, 2.24) is 5.32 Å². The third kappa shape index (κ3) is 5.09. The number of nitrogens with zero attached hydrogens (tertiary/aromatic N) is 1. The molecule has 0 bridgehead atoms. The second kappa shape index (κ2) is 9.20. The van der Waals surface area contributed by atoms with Crippen LogP contribution in [-0.4, -0.2) is 5.91 Å². The fourth-order valence-corrected chi connectivity index (χ4v) is 2.71. The third-order valence-electron chi connectivity index (χ3n) is 4.16. The van der Waals surface area contributed by atoms with Crippen molar-refractivity contribution in [2.75, 3.05) is 0 Å². The highest BCUT2D eigenvalue weighted by molar-refractivity contribution is 6.01. The van der Waals surface area contributed by atoms with E-state index in [4.69, 9.17) is 4.74 Å². The van der Waals surface area contributed by atoms with Crippen molar-refractivity contribution in [2.45, 2.75) is 13.0 Å². The summed E-state index contributed by atoms with van der Waals surface area (Å²) in [5.74, 6) is 0.946. The first-order valence-corrected chi connectivity index (χ1v) is 8.96. The number of amides is 1. The number of rotatable bonds is 6. The zero-order valence-corrected chi connectivity index (χ0v) is 15.5. The summed E-state index contributed by atoms with van der Waals surface area (Å²) >= 11 is 0. The van der Waals surface area contributed by atoms with E-state index in [-0.39, 0.29) is 11.6 Å². The maximum Gasteiger partial charge on any atom is 0.262 e. The van der Waals surface area contributed by atoms with Gasteiger partial charge in [-0.05, 0) is 48.4 Å². The monoisotopic (exact) mass is 368 g/mol. The van der Waals surface area contributed by atoms with Gasteiger partial charge in [-0.1, -0.05) is 60.7 Å². The van der Waals surface area contributed by atoms with Crippen LogP contribution in [0.25, 0.3) is 6.08 Å². The van der Waals surface area contributed by atoms with Crippen LogP contribution in [0, 0.1) is 11.3 Å². The molecular weight excluding hydrogens is 348 g/mol. The molecule has 0 aromatic heterocycles. The molecular formula is C24H20N2O2. The second-order valence-corrected chi connectivity index (χ2v) is 6.26. The van der Waals surface area contributed by atoms with Gasteiger partial charge in [0, 0.05) is 0 Å². The molecule has 0 aliphatic carbocycles. The Balaban J connectivity index is 1.74. The Bertz CT molecular complexity index is 1010. The van der Waals surface area contributed by atoms with Crippen molar-refractivity contribution >= 4 is 12.0 Å². The van der Waals surface area contributed by atoms with Crippen molar-refractivity contribution in [3.63, 3.8) is 0 Å². The van der Waals surface area contributed by atoms with Gasteiger partial charge < -0.3 is 10.1 Å². The quantitative estimate of drug-likeness (QED) is 0.477. The molecule has 0 radical (unpaired) electrons. The van der Waals surface area contributed by atoms with Gasteiger partial charge in [0.1, 0.15) is 23.1 Å². The predicted octanol–water partition coefficient (Wildman–Crippen LogP) is 5.26. The highest BCUT2D eigenvalue weighted by Gasteiger charge is 2.13. The predicted molar refractivity (Wildman–Crippen MR) is 110 cm³/mol. The zero-order chi connectivity index (χ0) is 19.8. The lowest BCUT2D eigenvalue weighted by molar-refractivity contribution is -0.117. The van der Waals surface area contributed by atoms with Crippen LogP contribution in [0.5, 0.6) is 11.5 Å². The van der Waals surface area contributed by atoms with E-state index >= 15 is 0 Å². The Morgan fingerprint density at radius 2 is 1.61 bits per heavy atom. The number of para-hydroxylation sites is 1. The molecule has 0 aliphatic heterocycles. The number of nitrogens with one attached hydrogen (secondary N) is 1. The van der Waals surface area contributed by atoms with Crippen molar-refractivity contribution < 1.29 is 9.53 Å². The average molecular weight is 368 g/mol. The average Bonchev–Trinajstić information content (AvgIpc) is 2.73. The molecule has 0 aliphatic rings. The standard InChI is InChI=1S/C24H20N2O2/c1-18(20-10-4-2-5-11-20)26-24(27)21(17-25)15-19-9-8-14-23(16-19)28-22-12-6-3-7-13-22/h2-16,18H,1H3,(H,26,27). The van der Waals surface area contributed by atoms with Gasteiger partial charge in [-0.3, -0.25) is 4.79 Å². The molecule has 0 saturated heterocycles. The van der Waals surface area contributed by atoms with Gasteiger partial charge in [0.05, 0.1) is 6.04 Å². The van der Waals surface area contributed by atoms with Gasteiger partial charge in [-0.2, -0.15) is 5.26 Å². The minimum atomic E-state index is -0.409. The van der Waals surface area contributed by atoms with Crippen LogP contribution >= 0.6 is 0 Å². The SMILES string of the molecule is CC(NC(=O)C(C#N)=Cc1cccc(Oc2ccccc2)c1)c1ccccc1. The molecule has 0 heterocycles. The van der Waals surface area contributed by atoms with E-state index in [2.05, 4.69) is 5.32 Å². The fourth-order valence-electron chi connectivity index (χ4n) is 2.71. The third-order valence-corrected chi connectivity index (χ3v) is 4.16. The van der Waals surface area contributed by atoms with Crippen LogP contribution in [0.3, 0.4) is 0 Å². The number of hydrogen-bond acceptors (Lipinski definition) is 3. The Morgan fingerprint density at radius 1 is 0.964 bits per heavy atom. The van der Waals surface area contributed by atoms with Gasteiger partial charge in [-0.25, -0.2) is 0 Å². The van der Waals surface area contributed by atoms with Crippen LogP contribution in [0.4, 0.5) is 0 Å². The minimum Gasteiger partial charge on any atom is -0.457 e. The van der Waals surface area contributed by atoms with Crippen LogP contribution in [0.1, 0.15) is 24.1 Å². The molecule has 1 unspecified atom stereocenters. The summed E-state index contributed by atoms with van der Waals surface area (Å²) in [7, 11) is 0. The molecule has 4 nitrogen and oxygen atoms in total. The Labute approximate surface area is 164 Å².